The van der Waals surface area contributed by atoms with Crippen molar-refractivity contribution in [3.63, 3.8) is 0 Å². The van der Waals surface area contributed by atoms with E-state index in [1.165, 1.54) is 38.6 Å². The second-order valence-corrected chi connectivity index (χ2v) is 6.38. The molecule has 1 unspecified atom stereocenters. The number of rotatable bonds is 1. The van der Waals surface area contributed by atoms with E-state index in [9.17, 15) is 0 Å². The Balaban J connectivity index is 2.10. The van der Waals surface area contributed by atoms with Crippen molar-refractivity contribution < 1.29 is 0 Å². The first-order chi connectivity index (χ1) is 9.43. The van der Waals surface area contributed by atoms with Gasteiger partial charge in [-0.3, -0.25) is 0 Å². The van der Waals surface area contributed by atoms with Gasteiger partial charge in [-0.25, -0.2) is 0 Å². The van der Waals surface area contributed by atoms with Crippen LogP contribution in [0, 0.1) is 0 Å². The lowest BCUT2D eigenvalue weighted by Crippen LogP contribution is -1.88. The Labute approximate surface area is 114 Å². The van der Waals surface area contributed by atoms with Crippen molar-refractivity contribution in [2.24, 2.45) is 0 Å². The zero-order chi connectivity index (χ0) is 12.7. The molecule has 1 aliphatic rings. The molecule has 0 saturated heterocycles. The standard InChI is InChI=1S/C18H15P/c1-2-7-13(8-3-1)14-10-6-12-17-18(14)15-9-4-5-11-16(15)19-17/h1-2,4-7,9-12,19H,3,8H2. The Kier molecular flexibility index (Phi) is 2.57. The molecule has 0 spiro atoms. The highest BCUT2D eigenvalue weighted by atomic mass is 31.0. The van der Waals surface area contributed by atoms with Crippen LogP contribution in [0.4, 0.5) is 0 Å². The molecule has 0 bridgehead atoms. The van der Waals surface area contributed by atoms with Crippen molar-refractivity contribution in [2.75, 3.05) is 0 Å². The first-order valence-corrected chi connectivity index (χ1v) is 7.79. The molecule has 1 aliphatic carbocycles. The van der Waals surface area contributed by atoms with Gasteiger partial charge in [0.05, 0.1) is 0 Å². The van der Waals surface area contributed by atoms with Gasteiger partial charge >= 0.3 is 0 Å². The summed E-state index contributed by atoms with van der Waals surface area (Å²) in [7, 11) is 0.816. The zero-order valence-electron chi connectivity index (χ0n) is 10.7. The van der Waals surface area contributed by atoms with Crippen LogP contribution in [-0.4, -0.2) is 0 Å². The fourth-order valence-electron chi connectivity index (χ4n) is 3.00. The first-order valence-electron chi connectivity index (χ1n) is 6.79. The van der Waals surface area contributed by atoms with Crippen LogP contribution in [0.1, 0.15) is 18.4 Å². The quantitative estimate of drug-likeness (QED) is 0.523. The van der Waals surface area contributed by atoms with E-state index in [4.69, 9.17) is 0 Å². The number of benzene rings is 2. The van der Waals surface area contributed by atoms with Crippen molar-refractivity contribution in [3.8, 4) is 0 Å². The Bertz CT molecular complexity index is 818. The summed E-state index contributed by atoms with van der Waals surface area (Å²) in [6.45, 7) is 0. The average molecular weight is 262 g/mol. The summed E-state index contributed by atoms with van der Waals surface area (Å²) < 4.78 is 0. The van der Waals surface area contributed by atoms with E-state index in [2.05, 4.69) is 60.7 Å². The lowest BCUT2D eigenvalue weighted by atomic mass is 9.94. The van der Waals surface area contributed by atoms with Gasteiger partial charge in [-0.1, -0.05) is 60.7 Å². The molecule has 1 heteroatoms. The van der Waals surface area contributed by atoms with E-state index in [1.807, 2.05) is 0 Å². The normalized spacial score (nSPS) is 15.5. The Morgan fingerprint density at radius 1 is 0.895 bits per heavy atom. The van der Waals surface area contributed by atoms with Crippen LogP contribution in [-0.2, 0) is 0 Å². The van der Waals surface area contributed by atoms with Crippen LogP contribution < -0.4 is 0 Å². The number of allylic oxidation sites excluding steroid dienone is 4. The highest BCUT2D eigenvalue weighted by Crippen LogP contribution is 2.42. The summed E-state index contributed by atoms with van der Waals surface area (Å²) in [5.41, 5.74) is 2.93. The zero-order valence-corrected chi connectivity index (χ0v) is 11.7. The van der Waals surface area contributed by atoms with E-state index < -0.39 is 0 Å². The van der Waals surface area contributed by atoms with Crippen LogP contribution in [0.3, 0.4) is 0 Å². The molecule has 3 aromatic rings. The predicted octanol–water partition coefficient (Wildman–Crippen LogP) is 5.76. The smallest absolute Gasteiger partial charge is 0.00106 e. The monoisotopic (exact) mass is 262 g/mol. The molecule has 1 atom stereocenters. The fraction of sp³-hybridized carbons (Fsp3) is 0.111. The molecular weight excluding hydrogens is 247 g/mol. The summed E-state index contributed by atoms with van der Waals surface area (Å²) in [6.07, 6.45) is 9.06. The number of fused-ring (bicyclic) bond motifs is 3. The predicted molar refractivity (Wildman–Crippen MR) is 87.3 cm³/mol. The SMILES string of the molecule is C1=CCCC(c2cccc3[pH]c4ccccc4c23)=C1. The molecule has 4 rings (SSSR count). The lowest BCUT2D eigenvalue weighted by Gasteiger charge is -2.11. The van der Waals surface area contributed by atoms with Crippen LogP contribution in [0.15, 0.2) is 60.7 Å². The third kappa shape index (κ3) is 1.76. The molecule has 2 aromatic carbocycles. The van der Waals surface area contributed by atoms with Gasteiger partial charge in [0, 0.05) is 10.5 Å². The minimum Gasteiger partial charge on any atom is -0.123 e. The van der Waals surface area contributed by atoms with Crippen molar-refractivity contribution >= 4 is 34.8 Å². The molecule has 0 N–H and O–H groups in total. The maximum absolute atomic E-state index is 2.29. The van der Waals surface area contributed by atoms with Gasteiger partial charge in [0.25, 0.3) is 0 Å². The van der Waals surface area contributed by atoms with Crippen molar-refractivity contribution in [1.29, 1.82) is 0 Å². The fourth-order valence-corrected chi connectivity index (χ4v) is 4.38. The van der Waals surface area contributed by atoms with Crippen LogP contribution in [0.5, 0.6) is 0 Å². The van der Waals surface area contributed by atoms with E-state index in [0.29, 0.717) is 0 Å². The van der Waals surface area contributed by atoms with E-state index in [1.54, 1.807) is 0 Å². The van der Waals surface area contributed by atoms with E-state index >= 15 is 0 Å². The van der Waals surface area contributed by atoms with Crippen molar-refractivity contribution in [3.05, 3.63) is 66.3 Å². The van der Waals surface area contributed by atoms with Crippen molar-refractivity contribution in [1.82, 2.24) is 0 Å². The number of hydrogen-bond acceptors (Lipinski definition) is 0. The molecule has 1 aromatic heterocycles. The van der Waals surface area contributed by atoms with Crippen LogP contribution in [0.25, 0.3) is 26.6 Å². The molecule has 19 heavy (non-hydrogen) atoms. The van der Waals surface area contributed by atoms with Crippen molar-refractivity contribution in [2.45, 2.75) is 12.8 Å². The van der Waals surface area contributed by atoms with Gasteiger partial charge < -0.3 is 0 Å². The van der Waals surface area contributed by atoms with Crippen LogP contribution >= 0.6 is 8.19 Å². The Morgan fingerprint density at radius 2 is 1.79 bits per heavy atom. The molecule has 0 saturated carbocycles. The third-order valence-electron chi connectivity index (χ3n) is 3.89. The molecule has 0 radical (unpaired) electrons. The second kappa shape index (κ2) is 4.40. The summed E-state index contributed by atoms with van der Waals surface area (Å²) in [5.74, 6) is 0. The molecule has 0 fully saturated rings. The highest BCUT2D eigenvalue weighted by Gasteiger charge is 2.11. The molecule has 1 heterocycles. The third-order valence-corrected chi connectivity index (χ3v) is 5.28. The van der Waals surface area contributed by atoms with Gasteiger partial charge in [-0.05, 0) is 34.5 Å². The summed E-state index contributed by atoms with van der Waals surface area (Å²) >= 11 is 0. The Hall–Kier alpha value is -1.78. The number of hydrogen-bond donors (Lipinski definition) is 0. The average Bonchev–Trinajstić information content (AvgIpc) is 2.86. The van der Waals surface area contributed by atoms with Crippen LogP contribution in [0.2, 0.25) is 0 Å². The molecule has 0 aliphatic heterocycles. The maximum Gasteiger partial charge on any atom is 0.00106 e. The summed E-state index contributed by atoms with van der Waals surface area (Å²) in [5, 5.41) is 5.94. The topological polar surface area (TPSA) is 0 Å². The molecule has 92 valence electrons. The summed E-state index contributed by atoms with van der Waals surface area (Å²) in [6, 6.07) is 15.6. The molecule has 0 amide bonds. The van der Waals surface area contributed by atoms with Gasteiger partial charge in [0.15, 0.2) is 0 Å². The second-order valence-electron chi connectivity index (χ2n) is 5.06. The van der Waals surface area contributed by atoms with Gasteiger partial charge in [-0.15, -0.1) is 8.19 Å². The molecular formula is C18H15P. The van der Waals surface area contributed by atoms with E-state index in [-0.39, 0.29) is 0 Å². The Morgan fingerprint density at radius 3 is 2.68 bits per heavy atom. The largest absolute Gasteiger partial charge is 0.123 e. The van der Waals surface area contributed by atoms with Gasteiger partial charge in [0.2, 0.25) is 0 Å². The highest BCUT2D eigenvalue weighted by molar-refractivity contribution is 7.43. The maximum atomic E-state index is 2.29. The lowest BCUT2D eigenvalue weighted by molar-refractivity contribution is 1.06. The minimum absolute atomic E-state index is 0.816. The molecule has 0 nitrogen and oxygen atoms in total. The van der Waals surface area contributed by atoms with Gasteiger partial charge in [0.1, 0.15) is 0 Å². The first kappa shape index (κ1) is 11.1. The van der Waals surface area contributed by atoms with Gasteiger partial charge in [-0.2, -0.15) is 0 Å². The minimum atomic E-state index is 0.816. The summed E-state index contributed by atoms with van der Waals surface area (Å²) in [4.78, 5) is 0. The van der Waals surface area contributed by atoms with E-state index in [0.717, 1.165) is 14.6 Å².